The maximum absolute atomic E-state index is 4.75. The summed E-state index contributed by atoms with van der Waals surface area (Å²) < 4.78 is 2.12. The molecular formula is C19H30IN5S. The Labute approximate surface area is 177 Å². The molecular weight excluding hydrogens is 457 g/mol. The number of aromatic nitrogens is 2. The van der Waals surface area contributed by atoms with Crippen LogP contribution in [0.3, 0.4) is 0 Å². The van der Waals surface area contributed by atoms with Gasteiger partial charge in [-0.25, -0.2) is 9.98 Å². The normalized spacial score (nSPS) is 20.2. The van der Waals surface area contributed by atoms with Crippen molar-refractivity contribution in [2.75, 3.05) is 12.3 Å². The van der Waals surface area contributed by atoms with E-state index in [9.17, 15) is 0 Å². The predicted molar refractivity (Wildman–Crippen MR) is 123 cm³/mol. The van der Waals surface area contributed by atoms with E-state index in [-0.39, 0.29) is 24.0 Å². The second-order valence-electron chi connectivity index (χ2n) is 6.55. The number of pyridine rings is 1. The molecule has 0 saturated heterocycles. The first kappa shape index (κ1) is 21.3. The molecule has 2 N–H and O–H groups in total. The Morgan fingerprint density at radius 1 is 1.35 bits per heavy atom. The second kappa shape index (κ2) is 10.4. The van der Waals surface area contributed by atoms with Crippen LogP contribution in [0.2, 0.25) is 0 Å². The zero-order valence-corrected chi connectivity index (χ0v) is 19.0. The number of halogens is 1. The summed E-state index contributed by atoms with van der Waals surface area (Å²) in [5, 5.41) is 7.78. The monoisotopic (exact) mass is 487 g/mol. The quantitative estimate of drug-likeness (QED) is 0.368. The maximum atomic E-state index is 4.75. The van der Waals surface area contributed by atoms with Gasteiger partial charge in [0, 0.05) is 29.7 Å². The van der Waals surface area contributed by atoms with Crippen molar-refractivity contribution in [1.29, 1.82) is 0 Å². The van der Waals surface area contributed by atoms with Crippen molar-refractivity contribution in [3.05, 3.63) is 35.8 Å². The van der Waals surface area contributed by atoms with Crippen LogP contribution in [-0.4, -0.2) is 38.9 Å². The van der Waals surface area contributed by atoms with Crippen LogP contribution in [0.25, 0.3) is 5.65 Å². The van der Waals surface area contributed by atoms with Gasteiger partial charge in [-0.1, -0.05) is 13.0 Å². The van der Waals surface area contributed by atoms with E-state index >= 15 is 0 Å². The van der Waals surface area contributed by atoms with Crippen LogP contribution in [0, 0.1) is 6.92 Å². The van der Waals surface area contributed by atoms with Crippen LogP contribution in [0.4, 0.5) is 0 Å². The standard InChI is InChI=1S/C19H29N5S.HI/c1-4-20-19(23-15-9-10-17(11-15)25-5-2)21-12-16-13-24-14(3)7-6-8-18(24)22-16;/h6-8,13,15,17H,4-5,9-12H2,1-3H3,(H2,20,21,23);1H. The molecule has 0 aliphatic heterocycles. The molecule has 2 unspecified atom stereocenters. The number of nitrogens with one attached hydrogen (secondary N) is 2. The van der Waals surface area contributed by atoms with Gasteiger partial charge in [0.2, 0.25) is 0 Å². The average molecular weight is 487 g/mol. The summed E-state index contributed by atoms with van der Waals surface area (Å²) >= 11 is 2.08. The summed E-state index contributed by atoms with van der Waals surface area (Å²) in [6.07, 6.45) is 5.86. The highest BCUT2D eigenvalue weighted by Gasteiger charge is 2.25. The van der Waals surface area contributed by atoms with E-state index in [2.05, 4.69) is 64.8 Å². The van der Waals surface area contributed by atoms with Gasteiger partial charge in [-0.15, -0.1) is 24.0 Å². The Balaban J connectivity index is 0.00000243. The van der Waals surface area contributed by atoms with Gasteiger partial charge in [0.1, 0.15) is 5.65 Å². The fourth-order valence-corrected chi connectivity index (χ4v) is 4.55. The van der Waals surface area contributed by atoms with E-state index in [1.54, 1.807) is 0 Å². The first-order valence-electron chi connectivity index (χ1n) is 9.29. The zero-order chi connectivity index (χ0) is 17.6. The minimum absolute atomic E-state index is 0. The lowest BCUT2D eigenvalue weighted by atomic mass is 10.2. The van der Waals surface area contributed by atoms with Crippen LogP contribution in [0.5, 0.6) is 0 Å². The Morgan fingerprint density at radius 3 is 2.92 bits per heavy atom. The van der Waals surface area contributed by atoms with Crippen molar-refractivity contribution in [3.63, 3.8) is 0 Å². The molecule has 0 aromatic carbocycles. The van der Waals surface area contributed by atoms with Gasteiger partial charge >= 0.3 is 0 Å². The number of imidazole rings is 1. The first-order valence-corrected chi connectivity index (χ1v) is 10.3. The third-order valence-corrected chi connectivity index (χ3v) is 5.85. The fraction of sp³-hybridized carbons (Fsp3) is 0.579. The highest BCUT2D eigenvalue weighted by atomic mass is 127. The smallest absolute Gasteiger partial charge is 0.191 e. The molecule has 5 nitrogen and oxygen atoms in total. The largest absolute Gasteiger partial charge is 0.357 e. The van der Waals surface area contributed by atoms with Gasteiger partial charge in [-0.05, 0) is 51.0 Å². The second-order valence-corrected chi connectivity index (χ2v) is 8.13. The molecule has 0 radical (unpaired) electrons. The summed E-state index contributed by atoms with van der Waals surface area (Å²) in [4.78, 5) is 9.43. The van der Waals surface area contributed by atoms with E-state index in [0.717, 1.165) is 29.1 Å². The summed E-state index contributed by atoms with van der Waals surface area (Å²) in [5.74, 6) is 2.11. The summed E-state index contributed by atoms with van der Waals surface area (Å²) in [6.45, 7) is 7.91. The summed E-state index contributed by atoms with van der Waals surface area (Å²) in [5.41, 5.74) is 3.17. The van der Waals surface area contributed by atoms with E-state index in [0.29, 0.717) is 12.6 Å². The molecule has 1 fully saturated rings. The number of rotatable bonds is 6. The number of hydrogen-bond donors (Lipinski definition) is 2. The molecule has 144 valence electrons. The van der Waals surface area contributed by atoms with Crippen molar-refractivity contribution in [1.82, 2.24) is 20.0 Å². The Kier molecular flexibility index (Phi) is 8.53. The van der Waals surface area contributed by atoms with E-state index in [1.165, 1.54) is 30.7 Å². The minimum atomic E-state index is 0. The molecule has 0 spiro atoms. The molecule has 1 aliphatic carbocycles. The van der Waals surface area contributed by atoms with Gasteiger partial charge in [0.25, 0.3) is 0 Å². The Bertz CT molecular complexity index is 730. The van der Waals surface area contributed by atoms with Crippen LogP contribution < -0.4 is 10.6 Å². The number of hydrogen-bond acceptors (Lipinski definition) is 3. The van der Waals surface area contributed by atoms with Gasteiger partial charge in [-0.2, -0.15) is 11.8 Å². The third kappa shape index (κ3) is 5.52. The zero-order valence-electron chi connectivity index (χ0n) is 15.9. The highest BCUT2D eigenvalue weighted by Crippen LogP contribution is 2.29. The lowest BCUT2D eigenvalue weighted by Crippen LogP contribution is -2.42. The third-order valence-electron chi connectivity index (χ3n) is 4.62. The number of guanidine groups is 1. The Morgan fingerprint density at radius 2 is 2.19 bits per heavy atom. The number of aliphatic imine (C=N–C) groups is 1. The van der Waals surface area contributed by atoms with Crippen LogP contribution in [0.1, 0.15) is 44.5 Å². The molecule has 2 atom stereocenters. The highest BCUT2D eigenvalue weighted by molar-refractivity contribution is 14.0. The van der Waals surface area contributed by atoms with Gasteiger partial charge in [0.05, 0.1) is 12.2 Å². The molecule has 2 aromatic heterocycles. The van der Waals surface area contributed by atoms with Gasteiger partial charge in [-0.3, -0.25) is 0 Å². The number of fused-ring (bicyclic) bond motifs is 1. The van der Waals surface area contributed by atoms with Crippen molar-refractivity contribution in [3.8, 4) is 0 Å². The number of thioether (sulfide) groups is 1. The van der Waals surface area contributed by atoms with E-state index < -0.39 is 0 Å². The van der Waals surface area contributed by atoms with E-state index in [4.69, 9.17) is 4.99 Å². The van der Waals surface area contributed by atoms with Crippen molar-refractivity contribution in [2.24, 2.45) is 4.99 Å². The lowest BCUT2D eigenvalue weighted by Gasteiger charge is -2.17. The minimum Gasteiger partial charge on any atom is -0.357 e. The van der Waals surface area contributed by atoms with E-state index in [1.807, 2.05) is 12.1 Å². The molecule has 0 bridgehead atoms. The first-order chi connectivity index (χ1) is 12.2. The molecule has 3 rings (SSSR count). The number of aryl methyl sites for hydroxylation is 1. The summed E-state index contributed by atoms with van der Waals surface area (Å²) in [7, 11) is 0. The van der Waals surface area contributed by atoms with Crippen molar-refractivity contribution >= 4 is 47.3 Å². The van der Waals surface area contributed by atoms with Gasteiger partial charge < -0.3 is 15.0 Å². The van der Waals surface area contributed by atoms with Crippen molar-refractivity contribution < 1.29 is 0 Å². The van der Waals surface area contributed by atoms with Crippen LogP contribution in [-0.2, 0) is 6.54 Å². The maximum Gasteiger partial charge on any atom is 0.191 e. The molecule has 2 heterocycles. The molecule has 1 aliphatic rings. The van der Waals surface area contributed by atoms with Crippen molar-refractivity contribution in [2.45, 2.75) is 57.9 Å². The topological polar surface area (TPSA) is 53.7 Å². The van der Waals surface area contributed by atoms with Crippen LogP contribution in [0.15, 0.2) is 29.4 Å². The predicted octanol–water partition coefficient (Wildman–Crippen LogP) is 3.99. The fourth-order valence-electron chi connectivity index (χ4n) is 3.41. The number of nitrogens with zero attached hydrogens (tertiary/aromatic N) is 3. The SMILES string of the molecule is CCNC(=NCc1cn2c(C)cccc2n1)NC1CCC(SCC)C1.I. The molecule has 26 heavy (non-hydrogen) atoms. The molecule has 1 saturated carbocycles. The van der Waals surface area contributed by atoms with Gasteiger partial charge in [0.15, 0.2) is 5.96 Å². The molecule has 0 amide bonds. The summed E-state index contributed by atoms with van der Waals surface area (Å²) in [6, 6.07) is 6.71. The molecule has 2 aromatic rings. The average Bonchev–Trinajstić information content (AvgIpc) is 3.21. The Hall–Kier alpha value is -0.960. The van der Waals surface area contributed by atoms with Crippen LogP contribution >= 0.6 is 35.7 Å². The molecule has 7 heteroatoms. The lowest BCUT2D eigenvalue weighted by molar-refractivity contribution is 0.615.